The van der Waals surface area contributed by atoms with E-state index in [9.17, 15) is 27.9 Å². The van der Waals surface area contributed by atoms with Crippen LogP contribution in [-0.2, 0) is 25.7 Å². The van der Waals surface area contributed by atoms with Crippen molar-refractivity contribution in [1.82, 2.24) is 4.90 Å². The van der Waals surface area contributed by atoms with E-state index in [1.807, 2.05) is 48.5 Å². The molecule has 2 aliphatic heterocycles. The molecule has 3 aromatic carbocycles. The summed E-state index contributed by atoms with van der Waals surface area (Å²) in [4.78, 5) is 26.2. The maximum atomic E-state index is 13.0. The fourth-order valence-corrected chi connectivity index (χ4v) is 6.81. The van der Waals surface area contributed by atoms with Crippen molar-refractivity contribution < 1.29 is 42.1 Å². The maximum absolute atomic E-state index is 13.0. The van der Waals surface area contributed by atoms with Gasteiger partial charge in [-0.15, -0.1) is 11.8 Å². The van der Waals surface area contributed by atoms with Crippen molar-refractivity contribution >= 4 is 29.3 Å². The second-order valence-electron chi connectivity index (χ2n) is 11.0. The van der Waals surface area contributed by atoms with Crippen LogP contribution >= 0.6 is 11.8 Å². The zero-order chi connectivity index (χ0) is 32.1. The quantitative estimate of drug-likeness (QED) is 0.266. The number of ether oxygens (including phenoxy) is 3. The number of halogens is 3. The minimum absolute atomic E-state index is 0.0317. The summed E-state index contributed by atoms with van der Waals surface area (Å²) in [5, 5.41) is 12.1. The molecule has 0 bridgehead atoms. The van der Waals surface area contributed by atoms with Gasteiger partial charge in [0.2, 0.25) is 5.91 Å². The number of nitrogens with one attached hydrogen (secondary N) is 1. The highest BCUT2D eigenvalue weighted by molar-refractivity contribution is 7.99. The number of para-hydroxylation sites is 1. The molecule has 5 rings (SSSR count). The molecule has 2 fully saturated rings. The number of methoxy groups -OCH3 is 1. The summed E-state index contributed by atoms with van der Waals surface area (Å²) in [6.45, 7) is 1.89. The minimum atomic E-state index is -5.04. The number of aliphatic hydroxyl groups is 1. The van der Waals surface area contributed by atoms with Gasteiger partial charge in [-0.2, -0.15) is 13.2 Å². The molecule has 0 spiro atoms. The number of benzene rings is 3. The highest BCUT2D eigenvalue weighted by Gasteiger charge is 2.47. The van der Waals surface area contributed by atoms with Gasteiger partial charge in [0.1, 0.15) is 11.8 Å². The van der Waals surface area contributed by atoms with Crippen LogP contribution in [0.3, 0.4) is 0 Å². The number of anilines is 1. The largest absolute Gasteiger partial charge is 0.496 e. The lowest BCUT2D eigenvalue weighted by Crippen LogP contribution is -2.48. The van der Waals surface area contributed by atoms with Gasteiger partial charge in [-0.05, 0) is 48.2 Å². The average Bonchev–Trinajstić information content (AvgIpc) is 3.54. The number of alkyl halides is 3. The molecular weight excluding hydrogens is 609 g/mol. The number of carbonyl (C=O) groups excluding carboxylic acids is 2. The van der Waals surface area contributed by atoms with Crippen LogP contribution in [-0.4, -0.2) is 59.6 Å². The van der Waals surface area contributed by atoms with Crippen LogP contribution in [0.5, 0.6) is 5.75 Å². The Balaban J connectivity index is 1.32. The minimum Gasteiger partial charge on any atom is -0.496 e. The smallest absolute Gasteiger partial charge is 0.471 e. The van der Waals surface area contributed by atoms with E-state index < -0.39 is 30.3 Å². The standard InChI is InChI=1S/C33H35F3N2O6S/c1-20-27(19-45-28-8-4-3-7-26(28)42-2)43-31(44-29(20)22-11-9-21(18-39)10-12-22)23-13-15-24(16-14-23)37-30(40)25-6-5-17-38(25)32(41)33(34,35)36/h3-4,7-16,20,25,27,29,31,39H,5-6,17-19H2,1-2H3,(H,37,40)/t20-,25-,27+,29+,31+/m0/s1. The second-order valence-corrected chi connectivity index (χ2v) is 12.1. The van der Waals surface area contributed by atoms with Gasteiger partial charge in [-0.25, -0.2) is 0 Å². The molecule has 5 atom stereocenters. The van der Waals surface area contributed by atoms with Gasteiger partial charge in [-0.3, -0.25) is 9.59 Å². The molecule has 3 aromatic rings. The lowest BCUT2D eigenvalue weighted by atomic mass is 9.91. The Bertz CT molecular complexity index is 1470. The topological polar surface area (TPSA) is 97.3 Å². The molecule has 0 aromatic heterocycles. The van der Waals surface area contributed by atoms with Crippen molar-refractivity contribution in [2.45, 2.75) is 62.0 Å². The molecule has 2 aliphatic rings. The van der Waals surface area contributed by atoms with Crippen LogP contribution in [0.2, 0.25) is 0 Å². The number of amides is 2. The number of nitrogens with zero attached hydrogens (tertiary/aromatic N) is 1. The summed E-state index contributed by atoms with van der Waals surface area (Å²) in [6, 6.07) is 20.9. The van der Waals surface area contributed by atoms with Crippen LogP contribution in [0, 0.1) is 5.92 Å². The van der Waals surface area contributed by atoms with E-state index in [2.05, 4.69) is 12.2 Å². The van der Waals surface area contributed by atoms with E-state index in [1.54, 1.807) is 43.1 Å². The highest BCUT2D eigenvalue weighted by atomic mass is 32.2. The van der Waals surface area contributed by atoms with Crippen molar-refractivity contribution in [3.05, 3.63) is 89.5 Å². The van der Waals surface area contributed by atoms with Crippen molar-refractivity contribution in [3.63, 3.8) is 0 Å². The zero-order valence-corrected chi connectivity index (χ0v) is 25.6. The van der Waals surface area contributed by atoms with Crippen molar-refractivity contribution in [1.29, 1.82) is 0 Å². The van der Waals surface area contributed by atoms with Gasteiger partial charge in [0.25, 0.3) is 0 Å². The molecule has 2 heterocycles. The third-order valence-electron chi connectivity index (χ3n) is 8.10. The van der Waals surface area contributed by atoms with E-state index in [4.69, 9.17) is 14.2 Å². The summed E-state index contributed by atoms with van der Waals surface area (Å²) in [6.07, 6.45) is -5.86. The van der Waals surface area contributed by atoms with E-state index in [0.29, 0.717) is 28.3 Å². The zero-order valence-electron chi connectivity index (χ0n) is 24.8. The normalized spacial score (nSPS) is 23.5. The van der Waals surface area contributed by atoms with E-state index >= 15 is 0 Å². The number of likely N-dealkylation sites (tertiary alicyclic amines) is 1. The maximum Gasteiger partial charge on any atom is 0.471 e. The first kappa shape index (κ1) is 32.8. The van der Waals surface area contributed by atoms with Crippen molar-refractivity contribution in [2.75, 3.05) is 24.7 Å². The van der Waals surface area contributed by atoms with E-state index in [-0.39, 0.29) is 37.7 Å². The fraction of sp³-hybridized carbons (Fsp3) is 0.394. The Morgan fingerprint density at radius 3 is 2.38 bits per heavy atom. The predicted octanol–water partition coefficient (Wildman–Crippen LogP) is 6.26. The Kier molecular flexibility index (Phi) is 10.4. The lowest BCUT2D eigenvalue weighted by Gasteiger charge is -2.41. The van der Waals surface area contributed by atoms with E-state index in [1.165, 1.54) is 0 Å². The van der Waals surface area contributed by atoms with E-state index in [0.717, 1.165) is 21.8 Å². The number of rotatable bonds is 9. The van der Waals surface area contributed by atoms with Gasteiger partial charge >= 0.3 is 12.1 Å². The molecule has 0 radical (unpaired) electrons. The molecule has 45 heavy (non-hydrogen) atoms. The molecule has 12 heteroatoms. The van der Waals surface area contributed by atoms with Gasteiger partial charge in [-0.1, -0.05) is 55.5 Å². The Hall–Kier alpha value is -3.58. The summed E-state index contributed by atoms with van der Waals surface area (Å²) >= 11 is 1.62. The predicted molar refractivity (Wildman–Crippen MR) is 163 cm³/mol. The molecule has 0 unspecified atom stereocenters. The second kappa shape index (κ2) is 14.2. The lowest BCUT2D eigenvalue weighted by molar-refractivity contribution is -0.268. The number of thioether (sulfide) groups is 1. The van der Waals surface area contributed by atoms with Crippen LogP contribution in [0.1, 0.15) is 48.8 Å². The van der Waals surface area contributed by atoms with Crippen LogP contribution < -0.4 is 10.1 Å². The van der Waals surface area contributed by atoms with Gasteiger partial charge in [0, 0.05) is 34.4 Å². The van der Waals surface area contributed by atoms with Gasteiger partial charge in [0.05, 0.1) is 25.9 Å². The third-order valence-corrected chi connectivity index (χ3v) is 9.25. The molecular formula is C33H35F3N2O6S. The summed E-state index contributed by atoms with van der Waals surface area (Å²) in [7, 11) is 1.63. The SMILES string of the molecule is COc1ccccc1SC[C@H]1O[C@@H](c2ccc(NC(=O)[C@@H]3CCCN3C(=O)C(F)(F)F)cc2)O[C@@H](c2ccc(CO)cc2)[C@H]1C. The first-order chi connectivity index (χ1) is 21.6. The number of hydrogen-bond acceptors (Lipinski definition) is 7. The molecule has 0 aliphatic carbocycles. The molecule has 2 N–H and O–H groups in total. The van der Waals surface area contributed by atoms with Crippen molar-refractivity contribution in [3.8, 4) is 5.75 Å². The molecule has 8 nitrogen and oxygen atoms in total. The monoisotopic (exact) mass is 644 g/mol. The molecule has 240 valence electrons. The first-order valence-electron chi connectivity index (χ1n) is 14.6. The summed E-state index contributed by atoms with van der Waals surface area (Å²) < 4.78 is 57.5. The first-order valence-corrected chi connectivity index (χ1v) is 15.6. The fourth-order valence-electron chi connectivity index (χ4n) is 5.61. The Morgan fingerprint density at radius 1 is 1.02 bits per heavy atom. The van der Waals surface area contributed by atoms with Crippen LogP contribution in [0.25, 0.3) is 0 Å². The van der Waals surface area contributed by atoms with Gasteiger partial charge < -0.3 is 29.5 Å². The number of aliphatic hydroxyl groups excluding tert-OH is 1. The van der Waals surface area contributed by atoms with Crippen molar-refractivity contribution in [2.24, 2.45) is 5.92 Å². The summed E-state index contributed by atoms with van der Waals surface area (Å²) in [5.74, 6) is -1.31. The van der Waals surface area contributed by atoms with Crippen LogP contribution in [0.4, 0.5) is 18.9 Å². The Morgan fingerprint density at radius 2 is 1.71 bits per heavy atom. The average molecular weight is 645 g/mol. The third kappa shape index (κ3) is 7.63. The number of hydrogen-bond donors (Lipinski definition) is 2. The molecule has 2 saturated heterocycles. The summed E-state index contributed by atoms with van der Waals surface area (Å²) in [5.41, 5.74) is 2.80. The van der Waals surface area contributed by atoms with Gasteiger partial charge in [0.15, 0.2) is 6.29 Å². The number of carbonyl (C=O) groups is 2. The van der Waals surface area contributed by atoms with Crippen LogP contribution in [0.15, 0.2) is 77.7 Å². The molecule has 2 amide bonds. The highest BCUT2D eigenvalue weighted by Crippen LogP contribution is 2.44. The Labute approximate surface area is 263 Å². The molecule has 0 saturated carbocycles.